The molecule has 0 aromatic heterocycles. The Hall–Kier alpha value is -2.35. The number of carbonyl (C=O) groups is 3. The van der Waals surface area contributed by atoms with E-state index in [2.05, 4.69) is 5.32 Å². The third-order valence-corrected chi connectivity index (χ3v) is 7.23. The predicted molar refractivity (Wildman–Crippen MR) is 118 cm³/mol. The van der Waals surface area contributed by atoms with Gasteiger partial charge in [-0.2, -0.15) is 9.28 Å². The minimum absolute atomic E-state index is 0.0657. The molecule has 1 aliphatic rings. The molecule has 5 atom stereocenters. The molecule has 0 aliphatic carbocycles. The number of ether oxygens (including phenoxy) is 1. The average molecular weight is 468 g/mol. The van der Waals surface area contributed by atoms with Crippen molar-refractivity contribution in [2.75, 3.05) is 6.54 Å². The number of nitrogens with zero attached hydrogens (tertiary/aromatic N) is 1. The van der Waals surface area contributed by atoms with Crippen molar-refractivity contribution in [1.29, 1.82) is 0 Å². The van der Waals surface area contributed by atoms with Crippen LogP contribution in [0, 0.1) is 0 Å². The number of rotatable bonds is 10. The Morgan fingerprint density at radius 3 is 2.53 bits per heavy atom. The molecule has 32 heavy (non-hydrogen) atoms. The maximum atomic E-state index is 13.0. The highest BCUT2D eigenvalue weighted by Gasteiger charge is 2.56. The average Bonchev–Trinajstić information content (AvgIpc) is 3.17. The van der Waals surface area contributed by atoms with E-state index in [1.807, 2.05) is 37.3 Å². The van der Waals surface area contributed by atoms with Gasteiger partial charge in [0, 0.05) is 19.3 Å². The topological polar surface area (TPSA) is 119 Å². The molecule has 0 spiro atoms. The summed E-state index contributed by atoms with van der Waals surface area (Å²) < 4.78 is 22.9. The molecule has 1 aromatic rings. The number of nitrogens with one attached hydrogen (secondary N) is 1. The molecule has 1 saturated heterocycles. The zero-order chi connectivity index (χ0) is 23.7. The lowest BCUT2D eigenvalue weighted by Gasteiger charge is -2.30. The van der Waals surface area contributed by atoms with Gasteiger partial charge in [-0.05, 0) is 30.4 Å². The molecular formula is C22H33N2O7P+2. The number of likely N-dealkylation sites (tertiary alicyclic amines) is 1. The summed E-state index contributed by atoms with van der Waals surface area (Å²) in [6, 6.07) is 8.77. The number of quaternary nitrogens is 1. The fraction of sp³-hybridized carbons (Fsp3) is 0.591. The number of hydrogen-bond acceptors (Lipinski definition) is 6. The Kier molecular flexibility index (Phi) is 9.75. The molecule has 1 aromatic carbocycles. The van der Waals surface area contributed by atoms with Crippen LogP contribution in [-0.2, 0) is 25.2 Å². The van der Waals surface area contributed by atoms with E-state index < -0.39 is 42.5 Å². The fourth-order valence-corrected chi connectivity index (χ4v) is 5.06. The molecule has 9 nitrogen and oxygen atoms in total. The maximum Gasteiger partial charge on any atom is 0.534 e. The van der Waals surface area contributed by atoms with E-state index >= 15 is 0 Å². The van der Waals surface area contributed by atoms with E-state index in [4.69, 9.17) is 9.26 Å². The Bertz CT molecular complexity index is 820. The number of hydrogen-bond donors (Lipinski definition) is 2. The number of carboxylic acid groups (broad SMARTS) is 1. The molecular weight excluding hydrogens is 435 g/mol. The molecule has 3 amide bonds. The van der Waals surface area contributed by atoms with Gasteiger partial charge in [-0.3, -0.25) is 5.32 Å². The van der Waals surface area contributed by atoms with E-state index in [0.29, 0.717) is 25.7 Å². The predicted octanol–water partition coefficient (Wildman–Crippen LogP) is 4.78. The molecule has 10 heteroatoms. The minimum Gasteiger partial charge on any atom is -0.445 e. The summed E-state index contributed by atoms with van der Waals surface area (Å²) in [4.78, 5) is 37.2. The molecule has 1 aliphatic heterocycles. The van der Waals surface area contributed by atoms with Crippen LogP contribution in [0.4, 0.5) is 9.59 Å². The Balaban J connectivity index is 2.00. The lowest BCUT2D eigenvalue weighted by molar-refractivity contribution is -0.793. The first-order valence-corrected chi connectivity index (χ1v) is 12.2. The van der Waals surface area contributed by atoms with Crippen molar-refractivity contribution < 1.29 is 37.8 Å². The van der Waals surface area contributed by atoms with Gasteiger partial charge in [0.15, 0.2) is 0 Å². The largest absolute Gasteiger partial charge is 0.534 e. The fourth-order valence-electron chi connectivity index (χ4n) is 3.91. The van der Waals surface area contributed by atoms with Gasteiger partial charge in [-0.15, -0.1) is 4.52 Å². The third-order valence-electron chi connectivity index (χ3n) is 5.81. The van der Waals surface area contributed by atoms with Gasteiger partial charge in [-0.25, -0.2) is 9.59 Å². The Labute approximate surface area is 189 Å². The zero-order valence-corrected chi connectivity index (χ0v) is 19.8. The van der Waals surface area contributed by atoms with Gasteiger partial charge in [0.25, 0.3) is 5.78 Å². The normalized spacial score (nSPS) is 22.6. The molecule has 2 rings (SSSR count). The molecule has 0 bridgehead atoms. The Morgan fingerprint density at radius 1 is 1.28 bits per heavy atom. The van der Waals surface area contributed by atoms with E-state index in [1.165, 1.54) is 6.92 Å². The van der Waals surface area contributed by atoms with Crippen LogP contribution >= 0.6 is 8.03 Å². The molecule has 2 N–H and O–H groups in total. The number of unbranched alkanes of at least 4 members (excludes halogenated alkanes) is 1. The quantitative estimate of drug-likeness (QED) is 0.375. The first-order valence-electron chi connectivity index (χ1n) is 11.0. The second-order valence-corrected chi connectivity index (χ2v) is 9.51. The number of imide groups is 1. The number of amides is 3. The van der Waals surface area contributed by atoms with Crippen LogP contribution in [0.5, 0.6) is 0 Å². The first kappa shape index (κ1) is 25.9. The van der Waals surface area contributed by atoms with Crippen LogP contribution in [0.25, 0.3) is 0 Å². The van der Waals surface area contributed by atoms with Crippen LogP contribution in [0.2, 0.25) is 0 Å². The van der Waals surface area contributed by atoms with Gasteiger partial charge >= 0.3 is 26.1 Å². The summed E-state index contributed by atoms with van der Waals surface area (Å²) in [5, 5.41) is 12.3. The van der Waals surface area contributed by atoms with Gasteiger partial charge in [0.1, 0.15) is 12.6 Å². The summed E-state index contributed by atoms with van der Waals surface area (Å²) in [6.45, 7) is 5.34. The summed E-state index contributed by atoms with van der Waals surface area (Å²) in [7, 11) is -2.48. The summed E-state index contributed by atoms with van der Waals surface area (Å²) in [5.41, 5.74) is 0.815. The zero-order valence-electron chi connectivity index (χ0n) is 18.9. The molecule has 0 saturated carbocycles. The summed E-state index contributed by atoms with van der Waals surface area (Å²) >= 11 is 0. The highest BCUT2D eigenvalue weighted by Crippen LogP contribution is 2.36. The smallest absolute Gasteiger partial charge is 0.445 e. The minimum atomic E-state index is -2.48. The van der Waals surface area contributed by atoms with Crippen molar-refractivity contribution in [3.63, 3.8) is 0 Å². The highest BCUT2D eigenvalue weighted by atomic mass is 31.1. The molecule has 1 fully saturated rings. The molecule has 4 unspecified atom stereocenters. The van der Waals surface area contributed by atoms with Gasteiger partial charge in [0.2, 0.25) is 6.10 Å². The summed E-state index contributed by atoms with van der Waals surface area (Å²) in [6.07, 6.45) is -0.0480. The van der Waals surface area contributed by atoms with Gasteiger partial charge < -0.3 is 9.84 Å². The van der Waals surface area contributed by atoms with Crippen LogP contribution in [-0.4, -0.2) is 52.2 Å². The standard InChI is InChI=1S/C22H31N2O7P/c1-4-5-13-19(23-21(26)30-15-18-11-7-6-8-12-18)32(29)31-17(3)20(25)24(22(27)28)14-9-10-16(24)2/h6-8,11-12,16-17,19H,4-5,9-10,13-15H2,1-3H3/p+2/t16?,17?,19?,24-/m0/s1. The van der Waals surface area contributed by atoms with Crippen molar-refractivity contribution in [3.8, 4) is 0 Å². The van der Waals surface area contributed by atoms with E-state index in [0.717, 1.165) is 12.0 Å². The van der Waals surface area contributed by atoms with E-state index in [-0.39, 0.29) is 19.2 Å². The first-order chi connectivity index (χ1) is 15.2. The summed E-state index contributed by atoms with van der Waals surface area (Å²) in [5.74, 6) is -1.48. The van der Waals surface area contributed by atoms with Gasteiger partial charge in [-0.1, -0.05) is 43.7 Å². The second-order valence-electron chi connectivity index (χ2n) is 8.10. The lowest BCUT2D eigenvalue weighted by Crippen LogP contribution is -2.61. The SMILES string of the molecule is CCCCC(NC(=O)OCc1ccccc1)[P+](=O)OC(C)C(=O)[N@+]1(C(=O)O)CCCC1C. The van der Waals surface area contributed by atoms with Crippen molar-refractivity contribution >= 4 is 26.1 Å². The molecule has 1 heterocycles. The number of benzene rings is 1. The van der Waals surface area contributed by atoms with Crippen molar-refractivity contribution in [2.24, 2.45) is 0 Å². The second kappa shape index (κ2) is 12.0. The number of carbonyl (C=O) groups excluding carboxylic acids is 2. The lowest BCUT2D eigenvalue weighted by atomic mass is 10.2. The Morgan fingerprint density at radius 2 is 1.97 bits per heavy atom. The molecule has 0 radical (unpaired) electrons. The van der Waals surface area contributed by atoms with Crippen LogP contribution in [0.15, 0.2) is 30.3 Å². The van der Waals surface area contributed by atoms with E-state index in [9.17, 15) is 24.1 Å². The van der Waals surface area contributed by atoms with Gasteiger partial charge in [0.05, 0.1) is 6.54 Å². The van der Waals surface area contributed by atoms with Crippen LogP contribution < -0.4 is 5.32 Å². The van der Waals surface area contributed by atoms with Crippen LogP contribution in [0.3, 0.4) is 0 Å². The monoisotopic (exact) mass is 468 g/mol. The van der Waals surface area contributed by atoms with Crippen molar-refractivity contribution in [2.45, 2.75) is 77.4 Å². The maximum absolute atomic E-state index is 13.0. The number of alkyl carbamates (subject to hydrolysis) is 1. The highest BCUT2D eigenvalue weighted by molar-refractivity contribution is 7.40. The van der Waals surface area contributed by atoms with Crippen molar-refractivity contribution in [3.05, 3.63) is 35.9 Å². The van der Waals surface area contributed by atoms with Crippen molar-refractivity contribution in [1.82, 2.24) is 5.32 Å². The molecule has 176 valence electrons. The van der Waals surface area contributed by atoms with Crippen LogP contribution in [0.1, 0.15) is 58.4 Å². The van der Waals surface area contributed by atoms with E-state index in [1.54, 1.807) is 6.92 Å². The third kappa shape index (κ3) is 6.34.